The molecule has 3 rings (SSSR count). The zero-order valence-electron chi connectivity index (χ0n) is 18.2. The number of ether oxygens (including phenoxy) is 1. The molecular formula is C25H24BrN3O3S. The standard InChI is InChI=1S/C25H24BrN3O3S/c1-16(2)15-32-22-13-12-20(26)14-21(22)24(31)27-25(33)29-28-23(30)19-10-8-18(9-11-19)17-6-4-3-5-7-17/h3-14,16H,15H2,1-2H3,(H,28,30)(H2,27,29,31,33). The summed E-state index contributed by atoms with van der Waals surface area (Å²) in [6.45, 7) is 4.52. The number of amides is 2. The summed E-state index contributed by atoms with van der Waals surface area (Å²) in [5.41, 5.74) is 7.91. The van der Waals surface area contributed by atoms with Crippen LogP contribution in [0.5, 0.6) is 5.75 Å². The van der Waals surface area contributed by atoms with Gasteiger partial charge in [-0.1, -0.05) is 72.2 Å². The highest BCUT2D eigenvalue weighted by molar-refractivity contribution is 9.10. The number of benzene rings is 3. The molecule has 0 heterocycles. The number of hydrogen-bond donors (Lipinski definition) is 3. The summed E-state index contributed by atoms with van der Waals surface area (Å²) in [5.74, 6) is -0.0670. The van der Waals surface area contributed by atoms with Crippen molar-refractivity contribution in [2.75, 3.05) is 6.61 Å². The van der Waals surface area contributed by atoms with E-state index in [2.05, 4.69) is 32.1 Å². The number of thiocarbonyl (C=S) groups is 1. The highest BCUT2D eigenvalue weighted by atomic mass is 79.9. The minimum absolute atomic E-state index is 0.0379. The lowest BCUT2D eigenvalue weighted by Gasteiger charge is -2.15. The SMILES string of the molecule is CC(C)COc1ccc(Br)cc1C(=O)NC(=S)NNC(=O)c1ccc(-c2ccccc2)cc1. The number of halogens is 1. The van der Waals surface area contributed by atoms with Crippen molar-refractivity contribution in [3.63, 3.8) is 0 Å². The number of carbonyl (C=O) groups is 2. The van der Waals surface area contributed by atoms with Crippen molar-refractivity contribution in [1.82, 2.24) is 16.2 Å². The molecule has 3 N–H and O–H groups in total. The van der Waals surface area contributed by atoms with E-state index in [1.54, 1.807) is 30.3 Å². The molecule has 0 radical (unpaired) electrons. The molecule has 0 saturated heterocycles. The van der Waals surface area contributed by atoms with E-state index in [9.17, 15) is 9.59 Å². The molecule has 170 valence electrons. The summed E-state index contributed by atoms with van der Waals surface area (Å²) in [6.07, 6.45) is 0. The van der Waals surface area contributed by atoms with Crippen LogP contribution in [-0.4, -0.2) is 23.5 Å². The lowest BCUT2D eigenvalue weighted by atomic mass is 10.0. The molecule has 0 atom stereocenters. The lowest BCUT2D eigenvalue weighted by Crippen LogP contribution is -2.48. The third kappa shape index (κ3) is 7.13. The van der Waals surface area contributed by atoms with E-state index in [4.69, 9.17) is 17.0 Å². The summed E-state index contributed by atoms with van der Waals surface area (Å²) in [5, 5.41) is 2.52. The Hall–Kier alpha value is -3.23. The van der Waals surface area contributed by atoms with Gasteiger partial charge in [0.05, 0.1) is 12.2 Å². The van der Waals surface area contributed by atoms with Crippen LogP contribution < -0.4 is 20.9 Å². The topological polar surface area (TPSA) is 79.5 Å². The first kappa shape index (κ1) is 24.4. The van der Waals surface area contributed by atoms with E-state index in [-0.39, 0.29) is 11.0 Å². The Labute approximate surface area is 206 Å². The third-order valence-corrected chi connectivity index (χ3v) is 5.23. The highest BCUT2D eigenvalue weighted by Crippen LogP contribution is 2.24. The Morgan fingerprint density at radius 3 is 2.24 bits per heavy atom. The van der Waals surface area contributed by atoms with Gasteiger partial charge >= 0.3 is 0 Å². The van der Waals surface area contributed by atoms with E-state index in [1.807, 2.05) is 56.3 Å². The number of rotatable bonds is 6. The fraction of sp³-hybridized carbons (Fsp3) is 0.160. The van der Waals surface area contributed by atoms with Crippen molar-refractivity contribution in [2.45, 2.75) is 13.8 Å². The predicted molar refractivity (Wildman–Crippen MR) is 137 cm³/mol. The zero-order chi connectivity index (χ0) is 23.8. The number of carbonyl (C=O) groups excluding carboxylic acids is 2. The van der Waals surface area contributed by atoms with Gasteiger partial charge in [-0.15, -0.1) is 0 Å². The Bertz CT molecular complexity index is 1140. The highest BCUT2D eigenvalue weighted by Gasteiger charge is 2.16. The molecule has 2 amide bonds. The van der Waals surface area contributed by atoms with Gasteiger partial charge in [0, 0.05) is 10.0 Å². The molecule has 0 saturated carbocycles. The molecule has 3 aromatic carbocycles. The molecular weight excluding hydrogens is 502 g/mol. The van der Waals surface area contributed by atoms with E-state index < -0.39 is 5.91 Å². The van der Waals surface area contributed by atoms with Crippen LogP contribution in [0.2, 0.25) is 0 Å². The van der Waals surface area contributed by atoms with Gasteiger partial charge in [0.25, 0.3) is 11.8 Å². The molecule has 33 heavy (non-hydrogen) atoms. The molecule has 0 aliphatic carbocycles. The van der Waals surface area contributed by atoms with Gasteiger partial charge < -0.3 is 4.74 Å². The van der Waals surface area contributed by atoms with Crippen molar-refractivity contribution in [2.24, 2.45) is 5.92 Å². The van der Waals surface area contributed by atoms with Gasteiger partial charge in [0.2, 0.25) is 0 Å². The van der Waals surface area contributed by atoms with Crippen molar-refractivity contribution in [3.05, 3.63) is 88.4 Å². The molecule has 0 aromatic heterocycles. The zero-order valence-corrected chi connectivity index (χ0v) is 20.6. The summed E-state index contributed by atoms with van der Waals surface area (Å²) in [7, 11) is 0. The average molecular weight is 526 g/mol. The van der Waals surface area contributed by atoms with Gasteiger partial charge in [-0.3, -0.25) is 25.8 Å². The second kappa shape index (κ2) is 11.6. The fourth-order valence-electron chi connectivity index (χ4n) is 2.89. The van der Waals surface area contributed by atoms with Crippen LogP contribution in [0.4, 0.5) is 0 Å². The molecule has 0 unspecified atom stereocenters. The summed E-state index contributed by atoms with van der Waals surface area (Å²) >= 11 is 8.52. The molecule has 0 bridgehead atoms. The Morgan fingerprint density at radius 1 is 0.909 bits per heavy atom. The van der Waals surface area contributed by atoms with Gasteiger partial charge in [0.15, 0.2) is 5.11 Å². The summed E-state index contributed by atoms with van der Waals surface area (Å²) < 4.78 is 6.47. The smallest absolute Gasteiger partial charge is 0.269 e. The van der Waals surface area contributed by atoms with Crippen molar-refractivity contribution in [1.29, 1.82) is 0 Å². The van der Waals surface area contributed by atoms with Gasteiger partial charge in [-0.05, 0) is 59.6 Å². The van der Waals surface area contributed by atoms with E-state index >= 15 is 0 Å². The Balaban J connectivity index is 1.56. The Morgan fingerprint density at radius 2 is 1.58 bits per heavy atom. The van der Waals surface area contributed by atoms with E-state index in [1.165, 1.54) is 0 Å². The van der Waals surface area contributed by atoms with Crippen LogP contribution >= 0.6 is 28.1 Å². The minimum Gasteiger partial charge on any atom is -0.492 e. The van der Waals surface area contributed by atoms with Crippen molar-refractivity contribution < 1.29 is 14.3 Å². The van der Waals surface area contributed by atoms with E-state index in [0.717, 1.165) is 15.6 Å². The lowest BCUT2D eigenvalue weighted by molar-refractivity contribution is 0.0933. The third-order valence-electron chi connectivity index (χ3n) is 4.53. The van der Waals surface area contributed by atoms with Crippen molar-refractivity contribution in [3.8, 4) is 16.9 Å². The van der Waals surface area contributed by atoms with Crippen LogP contribution in [0, 0.1) is 5.92 Å². The summed E-state index contributed by atoms with van der Waals surface area (Å²) in [6, 6.07) is 22.2. The van der Waals surface area contributed by atoms with Crippen LogP contribution in [0.3, 0.4) is 0 Å². The maximum absolute atomic E-state index is 12.7. The average Bonchev–Trinajstić information content (AvgIpc) is 2.82. The monoisotopic (exact) mass is 525 g/mol. The molecule has 3 aromatic rings. The Kier molecular flexibility index (Phi) is 8.57. The molecule has 0 spiro atoms. The molecule has 6 nitrogen and oxygen atoms in total. The first-order valence-corrected chi connectivity index (χ1v) is 11.5. The van der Waals surface area contributed by atoms with Gasteiger partial charge in [-0.25, -0.2) is 0 Å². The molecule has 0 aliphatic rings. The van der Waals surface area contributed by atoms with E-state index in [0.29, 0.717) is 29.4 Å². The largest absolute Gasteiger partial charge is 0.492 e. The van der Waals surface area contributed by atoms with Gasteiger partial charge in [-0.2, -0.15) is 0 Å². The van der Waals surface area contributed by atoms with Crippen LogP contribution in [0.15, 0.2) is 77.3 Å². The quantitative estimate of drug-likeness (QED) is 0.308. The normalized spacial score (nSPS) is 10.4. The molecule has 0 fully saturated rings. The molecule has 8 heteroatoms. The first-order chi connectivity index (χ1) is 15.8. The van der Waals surface area contributed by atoms with Crippen molar-refractivity contribution >= 4 is 45.1 Å². The van der Waals surface area contributed by atoms with Crippen LogP contribution in [-0.2, 0) is 0 Å². The molecule has 0 aliphatic heterocycles. The second-order valence-electron chi connectivity index (χ2n) is 7.65. The number of nitrogens with one attached hydrogen (secondary N) is 3. The fourth-order valence-corrected chi connectivity index (χ4v) is 3.40. The summed E-state index contributed by atoms with van der Waals surface area (Å²) in [4.78, 5) is 25.1. The predicted octanol–water partition coefficient (Wildman–Crippen LogP) is 5.10. The number of hydrazine groups is 1. The van der Waals surface area contributed by atoms with Crippen LogP contribution in [0.1, 0.15) is 34.6 Å². The first-order valence-electron chi connectivity index (χ1n) is 10.3. The minimum atomic E-state index is -0.450. The maximum Gasteiger partial charge on any atom is 0.269 e. The van der Waals surface area contributed by atoms with Crippen LogP contribution in [0.25, 0.3) is 11.1 Å². The maximum atomic E-state index is 12.7. The second-order valence-corrected chi connectivity index (χ2v) is 8.98. The van der Waals surface area contributed by atoms with Gasteiger partial charge in [0.1, 0.15) is 5.75 Å². The number of hydrogen-bond acceptors (Lipinski definition) is 4.